The van der Waals surface area contributed by atoms with Crippen molar-refractivity contribution in [3.8, 4) is 11.3 Å². The highest BCUT2D eigenvalue weighted by molar-refractivity contribution is 7.17. The predicted molar refractivity (Wildman–Crippen MR) is 130 cm³/mol. The van der Waals surface area contributed by atoms with Crippen molar-refractivity contribution in [2.24, 2.45) is 17.1 Å². The lowest BCUT2D eigenvalue weighted by atomic mass is 9.72. The fraction of sp³-hybridized carbons (Fsp3) is 0.308. The average molecular weight is 449 g/mol. The molecule has 0 saturated heterocycles. The van der Waals surface area contributed by atoms with Gasteiger partial charge in [-0.2, -0.15) is 0 Å². The van der Waals surface area contributed by atoms with Gasteiger partial charge in [-0.25, -0.2) is 0 Å². The summed E-state index contributed by atoms with van der Waals surface area (Å²) in [4.78, 5) is 25.9. The molecule has 32 heavy (non-hydrogen) atoms. The molecule has 5 nitrogen and oxygen atoms in total. The fourth-order valence-electron chi connectivity index (χ4n) is 4.19. The summed E-state index contributed by atoms with van der Waals surface area (Å²) in [5, 5.41) is 3.40. The van der Waals surface area contributed by atoms with Gasteiger partial charge in [0.1, 0.15) is 16.5 Å². The van der Waals surface area contributed by atoms with Crippen LogP contribution in [0.3, 0.4) is 0 Å². The van der Waals surface area contributed by atoms with E-state index in [1.807, 2.05) is 42.5 Å². The van der Waals surface area contributed by atoms with Crippen LogP contribution < -0.4 is 11.1 Å². The van der Waals surface area contributed by atoms with Gasteiger partial charge in [-0.15, -0.1) is 11.3 Å². The number of hydrogen-bond acceptors (Lipinski definition) is 4. The number of carbonyl (C=O) groups is 2. The van der Waals surface area contributed by atoms with Crippen LogP contribution in [-0.4, -0.2) is 11.8 Å². The van der Waals surface area contributed by atoms with Gasteiger partial charge < -0.3 is 15.5 Å². The molecule has 2 amide bonds. The molecule has 4 rings (SSSR count). The minimum absolute atomic E-state index is 0.197. The summed E-state index contributed by atoms with van der Waals surface area (Å²) in [6.07, 6.45) is 5.77. The largest absolute Gasteiger partial charge is 0.457 e. The van der Waals surface area contributed by atoms with Gasteiger partial charge in [-0.05, 0) is 54.4 Å². The van der Waals surface area contributed by atoms with Crippen LogP contribution in [0.1, 0.15) is 53.8 Å². The Balaban J connectivity index is 1.50. The molecule has 1 aliphatic rings. The van der Waals surface area contributed by atoms with E-state index in [0.29, 0.717) is 22.2 Å². The summed E-state index contributed by atoms with van der Waals surface area (Å²) in [5.74, 6) is 1.04. The number of nitrogens with two attached hydrogens (primary N) is 1. The van der Waals surface area contributed by atoms with Crippen LogP contribution in [-0.2, 0) is 17.6 Å². The first-order chi connectivity index (χ1) is 15.2. The van der Waals surface area contributed by atoms with Crippen molar-refractivity contribution in [2.45, 2.75) is 40.0 Å². The number of amides is 2. The number of thiophene rings is 1. The topological polar surface area (TPSA) is 85.3 Å². The van der Waals surface area contributed by atoms with E-state index >= 15 is 0 Å². The molecular weight excluding hydrogens is 420 g/mol. The lowest BCUT2D eigenvalue weighted by molar-refractivity contribution is -0.111. The van der Waals surface area contributed by atoms with Crippen LogP contribution in [0.25, 0.3) is 17.4 Å². The van der Waals surface area contributed by atoms with E-state index in [1.165, 1.54) is 17.4 Å². The number of primary amides is 1. The lowest BCUT2D eigenvalue weighted by Crippen LogP contribution is -2.27. The van der Waals surface area contributed by atoms with Crippen molar-refractivity contribution in [1.29, 1.82) is 0 Å². The van der Waals surface area contributed by atoms with Crippen LogP contribution in [0.15, 0.2) is 53.0 Å². The summed E-state index contributed by atoms with van der Waals surface area (Å²) in [5.41, 5.74) is 8.32. The van der Waals surface area contributed by atoms with E-state index in [0.717, 1.165) is 41.0 Å². The van der Waals surface area contributed by atoms with Gasteiger partial charge in [0.25, 0.3) is 5.91 Å². The van der Waals surface area contributed by atoms with Gasteiger partial charge in [0, 0.05) is 16.5 Å². The minimum Gasteiger partial charge on any atom is -0.457 e. The number of benzene rings is 1. The Morgan fingerprint density at radius 2 is 1.91 bits per heavy atom. The highest BCUT2D eigenvalue weighted by Gasteiger charge is 2.33. The van der Waals surface area contributed by atoms with Crippen molar-refractivity contribution >= 4 is 34.2 Å². The molecular formula is C26H28N2O3S. The Hall–Kier alpha value is -3.12. The van der Waals surface area contributed by atoms with Crippen molar-refractivity contribution in [1.82, 2.24) is 0 Å². The molecule has 0 aliphatic heterocycles. The highest BCUT2D eigenvalue weighted by Crippen LogP contribution is 2.44. The highest BCUT2D eigenvalue weighted by atomic mass is 32.1. The van der Waals surface area contributed by atoms with E-state index in [-0.39, 0.29) is 11.3 Å². The Morgan fingerprint density at radius 3 is 2.59 bits per heavy atom. The maximum atomic E-state index is 12.6. The van der Waals surface area contributed by atoms with Crippen molar-refractivity contribution < 1.29 is 14.0 Å². The molecule has 1 aromatic carbocycles. The SMILES string of the molecule is CC(C)(C)[C@H]1CCc2c(sc(NC(=O)/C=C/c3ccc(-c4ccccc4)o3)c2C(N)=O)C1. The minimum atomic E-state index is -0.491. The van der Waals surface area contributed by atoms with Crippen molar-refractivity contribution in [3.63, 3.8) is 0 Å². The zero-order valence-corrected chi connectivity index (χ0v) is 19.4. The number of hydrogen-bond donors (Lipinski definition) is 2. The quantitative estimate of drug-likeness (QED) is 0.476. The second-order valence-corrected chi connectivity index (χ2v) is 10.4. The van der Waals surface area contributed by atoms with E-state index in [4.69, 9.17) is 10.2 Å². The first kappa shape index (κ1) is 22.1. The van der Waals surface area contributed by atoms with E-state index in [9.17, 15) is 9.59 Å². The molecule has 3 aromatic rings. The third-order valence-corrected chi connectivity index (χ3v) is 7.23. The molecule has 0 saturated carbocycles. The van der Waals surface area contributed by atoms with Crippen molar-refractivity contribution in [2.75, 3.05) is 5.32 Å². The Labute approximate surface area is 192 Å². The second-order valence-electron chi connectivity index (χ2n) is 9.27. The van der Waals surface area contributed by atoms with Crippen LogP contribution >= 0.6 is 11.3 Å². The second kappa shape index (κ2) is 8.79. The zero-order valence-electron chi connectivity index (χ0n) is 18.6. The van der Waals surface area contributed by atoms with Crippen LogP contribution in [0.4, 0.5) is 5.00 Å². The molecule has 6 heteroatoms. The normalized spacial score (nSPS) is 16.2. The third kappa shape index (κ3) is 4.70. The fourth-order valence-corrected chi connectivity index (χ4v) is 5.52. The number of rotatable bonds is 5. The van der Waals surface area contributed by atoms with E-state index < -0.39 is 5.91 Å². The maximum absolute atomic E-state index is 12.6. The Morgan fingerprint density at radius 1 is 1.16 bits per heavy atom. The number of carbonyl (C=O) groups excluding carboxylic acids is 2. The number of anilines is 1. The molecule has 0 radical (unpaired) electrons. The van der Waals surface area contributed by atoms with Gasteiger partial charge in [0.2, 0.25) is 5.91 Å². The van der Waals surface area contributed by atoms with E-state index in [2.05, 4.69) is 26.1 Å². The Bertz CT molecular complexity index is 1170. The van der Waals surface area contributed by atoms with Gasteiger partial charge >= 0.3 is 0 Å². The summed E-state index contributed by atoms with van der Waals surface area (Å²) < 4.78 is 5.80. The molecule has 1 aliphatic carbocycles. The lowest BCUT2D eigenvalue weighted by Gasteiger charge is -2.33. The number of nitrogens with one attached hydrogen (secondary N) is 1. The molecule has 0 unspecified atom stereocenters. The predicted octanol–water partition coefficient (Wildman–Crippen LogP) is 5.91. The van der Waals surface area contributed by atoms with Gasteiger partial charge in [0.05, 0.1) is 5.56 Å². The Kier molecular flexibility index (Phi) is 6.07. The van der Waals surface area contributed by atoms with Crippen LogP contribution in [0.2, 0.25) is 0 Å². The maximum Gasteiger partial charge on any atom is 0.251 e. The zero-order chi connectivity index (χ0) is 22.9. The first-order valence-electron chi connectivity index (χ1n) is 10.8. The molecule has 0 bridgehead atoms. The molecule has 0 fully saturated rings. The molecule has 2 heterocycles. The summed E-state index contributed by atoms with van der Waals surface area (Å²) in [7, 11) is 0. The smallest absolute Gasteiger partial charge is 0.251 e. The first-order valence-corrected chi connectivity index (χ1v) is 11.6. The molecule has 0 spiro atoms. The van der Waals surface area contributed by atoms with Crippen LogP contribution in [0, 0.1) is 11.3 Å². The summed E-state index contributed by atoms with van der Waals surface area (Å²) >= 11 is 1.47. The summed E-state index contributed by atoms with van der Waals surface area (Å²) in [6, 6.07) is 13.5. The van der Waals surface area contributed by atoms with E-state index in [1.54, 1.807) is 6.08 Å². The molecule has 1 atom stereocenters. The van der Waals surface area contributed by atoms with Crippen molar-refractivity contribution in [3.05, 3.63) is 70.3 Å². The average Bonchev–Trinajstić information content (AvgIpc) is 3.36. The van der Waals surface area contributed by atoms with Crippen LogP contribution in [0.5, 0.6) is 0 Å². The van der Waals surface area contributed by atoms with Gasteiger partial charge in [-0.1, -0.05) is 51.1 Å². The molecule has 2 aromatic heterocycles. The third-order valence-electron chi connectivity index (χ3n) is 6.06. The molecule has 166 valence electrons. The van der Waals surface area contributed by atoms with Gasteiger partial charge in [0.15, 0.2) is 0 Å². The summed E-state index contributed by atoms with van der Waals surface area (Å²) in [6.45, 7) is 6.74. The number of fused-ring (bicyclic) bond motifs is 1. The standard InChI is InChI=1S/C26H28N2O3S/c1-26(2,3)17-9-12-19-21(15-17)32-25(23(19)24(27)30)28-22(29)14-11-18-10-13-20(31-18)16-7-5-4-6-8-16/h4-8,10-11,13-14,17H,9,12,15H2,1-3H3,(H2,27,30)(H,28,29)/b14-11+/t17-/m0/s1. The monoisotopic (exact) mass is 448 g/mol. The number of furan rings is 1. The molecule has 3 N–H and O–H groups in total. The van der Waals surface area contributed by atoms with Gasteiger partial charge in [-0.3, -0.25) is 9.59 Å².